The Balaban J connectivity index is 1.67. The van der Waals surface area contributed by atoms with E-state index in [9.17, 15) is 4.79 Å². The lowest BCUT2D eigenvalue weighted by molar-refractivity contribution is 0.251. The maximum atomic E-state index is 11.7. The van der Waals surface area contributed by atoms with Crippen molar-refractivity contribution in [1.82, 2.24) is 5.32 Å². The lowest BCUT2D eigenvalue weighted by Gasteiger charge is -2.14. The molecule has 126 valence electrons. The van der Waals surface area contributed by atoms with Gasteiger partial charge in [0.1, 0.15) is 5.75 Å². The standard InChI is InChI=1S/C18H20ClN3O2/c1-11-9-16(17(24-2)10-15(11)19)20-12-3-5-13(6-4-12)21-18(23)22-14-7-8-14/h3-6,9-10,14,20H,7-8H2,1-2H3,(H2,21,22,23). The van der Waals surface area contributed by atoms with Gasteiger partial charge in [0.2, 0.25) is 0 Å². The van der Waals surface area contributed by atoms with Crippen molar-refractivity contribution in [3.8, 4) is 5.75 Å². The molecule has 1 fully saturated rings. The van der Waals surface area contributed by atoms with Gasteiger partial charge in [-0.15, -0.1) is 0 Å². The van der Waals surface area contributed by atoms with Crippen LogP contribution in [0, 0.1) is 6.92 Å². The van der Waals surface area contributed by atoms with Crippen LogP contribution in [0.25, 0.3) is 0 Å². The minimum absolute atomic E-state index is 0.159. The molecule has 24 heavy (non-hydrogen) atoms. The van der Waals surface area contributed by atoms with E-state index < -0.39 is 0 Å². The largest absolute Gasteiger partial charge is 0.495 e. The molecule has 0 atom stereocenters. The Labute approximate surface area is 146 Å². The maximum absolute atomic E-state index is 11.7. The van der Waals surface area contributed by atoms with Crippen LogP contribution in [0.2, 0.25) is 5.02 Å². The summed E-state index contributed by atoms with van der Waals surface area (Å²) >= 11 is 6.12. The minimum Gasteiger partial charge on any atom is -0.495 e. The van der Waals surface area contributed by atoms with Crippen LogP contribution in [-0.4, -0.2) is 19.2 Å². The number of anilines is 3. The molecule has 0 aromatic heterocycles. The molecule has 0 aliphatic heterocycles. The van der Waals surface area contributed by atoms with Crippen molar-refractivity contribution in [2.75, 3.05) is 17.7 Å². The molecule has 3 rings (SSSR count). The number of halogens is 1. The Bertz CT molecular complexity index is 743. The molecule has 2 aromatic rings. The van der Waals surface area contributed by atoms with Crippen molar-refractivity contribution in [1.29, 1.82) is 0 Å². The van der Waals surface area contributed by atoms with E-state index in [0.717, 1.165) is 35.5 Å². The number of methoxy groups -OCH3 is 1. The normalized spacial score (nSPS) is 13.3. The fourth-order valence-electron chi connectivity index (χ4n) is 2.30. The van der Waals surface area contributed by atoms with E-state index in [1.165, 1.54) is 0 Å². The van der Waals surface area contributed by atoms with Crippen LogP contribution < -0.4 is 20.7 Å². The summed E-state index contributed by atoms with van der Waals surface area (Å²) in [4.78, 5) is 11.7. The topological polar surface area (TPSA) is 62.4 Å². The molecule has 3 N–H and O–H groups in total. The van der Waals surface area contributed by atoms with Crippen molar-refractivity contribution >= 4 is 34.7 Å². The van der Waals surface area contributed by atoms with E-state index >= 15 is 0 Å². The Morgan fingerprint density at radius 1 is 1.17 bits per heavy atom. The van der Waals surface area contributed by atoms with E-state index in [-0.39, 0.29) is 6.03 Å². The van der Waals surface area contributed by atoms with Gasteiger partial charge in [-0.1, -0.05) is 11.6 Å². The third-order valence-corrected chi connectivity index (χ3v) is 4.22. The van der Waals surface area contributed by atoms with Gasteiger partial charge in [-0.3, -0.25) is 0 Å². The van der Waals surface area contributed by atoms with Gasteiger partial charge < -0.3 is 20.7 Å². The number of ether oxygens (including phenoxy) is 1. The molecule has 0 spiro atoms. The van der Waals surface area contributed by atoms with Crippen molar-refractivity contribution in [2.45, 2.75) is 25.8 Å². The second-order valence-electron chi connectivity index (χ2n) is 5.88. The molecular weight excluding hydrogens is 326 g/mol. The molecule has 2 amide bonds. The van der Waals surface area contributed by atoms with E-state index in [0.29, 0.717) is 16.8 Å². The quantitative estimate of drug-likeness (QED) is 0.737. The maximum Gasteiger partial charge on any atom is 0.319 e. The van der Waals surface area contributed by atoms with Crippen LogP contribution in [-0.2, 0) is 0 Å². The van der Waals surface area contributed by atoms with E-state index in [1.807, 2.05) is 37.3 Å². The van der Waals surface area contributed by atoms with Crippen LogP contribution in [0.4, 0.5) is 21.9 Å². The summed E-state index contributed by atoms with van der Waals surface area (Å²) in [7, 11) is 1.61. The number of aryl methyl sites for hydroxylation is 1. The van der Waals surface area contributed by atoms with Crippen molar-refractivity contribution in [3.63, 3.8) is 0 Å². The summed E-state index contributed by atoms with van der Waals surface area (Å²) in [6.45, 7) is 1.94. The first kappa shape index (κ1) is 16.5. The molecule has 1 aliphatic carbocycles. The molecule has 6 heteroatoms. The van der Waals surface area contributed by atoms with Crippen molar-refractivity contribution in [3.05, 3.63) is 47.0 Å². The Kier molecular flexibility index (Phi) is 4.81. The third kappa shape index (κ3) is 4.11. The lowest BCUT2D eigenvalue weighted by Crippen LogP contribution is -2.30. The lowest BCUT2D eigenvalue weighted by atomic mass is 10.2. The molecule has 0 bridgehead atoms. The number of amides is 2. The molecule has 0 saturated heterocycles. The smallest absolute Gasteiger partial charge is 0.319 e. The molecule has 0 radical (unpaired) electrons. The summed E-state index contributed by atoms with van der Waals surface area (Å²) in [6, 6.07) is 11.4. The zero-order valence-corrected chi connectivity index (χ0v) is 14.4. The van der Waals surface area contributed by atoms with Gasteiger partial charge in [-0.05, 0) is 55.7 Å². The first-order valence-corrected chi connectivity index (χ1v) is 8.21. The average molecular weight is 346 g/mol. The zero-order valence-electron chi connectivity index (χ0n) is 13.7. The van der Waals surface area contributed by atoms with Crippen LogP contribution in [0.15, 0.2) is 36.4 Å². The number of hydrogen-bond acceptors (Lipinski definition) is 3. The number of benzene rings is 2. The summed E-state index contributed by atoms with van der Waals surface area (Å²) in [6.07, 6.45) is 2.14. The number of carbonyl (C=O) groups is 1. The number of carbonyl (C=O) groups excluding carboxylic acids is 1. The summed E-state index contributed by atoms with van der Waals surface area (Å²) in [5, 5.41) is 9.68. The highest BCUT2D eigenvalue weighted by Crippen LogP contribution is 2.33. The Morgan fingerprint density at radius 3 is 2.46 bits per heavy atom. The highest BCUT2D eigenvalue weighted by atomic mass is 35.5. The van der Waals surface area contributed by atoms with Gasteiger partial charge in [0.05, 0.1) is 12.8 Å². The predicted molar refractivity (Wildman–Crippen MR) is 97.6 cm³/mol. The van der Waals surface area contributed by atoms with E-state index in [1.54, 1.807) is 13.2 Å². The second-order valence-corrected chi connectivity index (χ2v) is 6.28. The van der Waals surface area contributed by atoms with Crippen LogP contribution in [0.5, 0.6) is 5.75 Å². The summed E-state index contributed by atoms with van der Waals surface area (Å²) in [5.74, 6) is 0.677. The first-order chi connectivity index (χ1) is 11.5. The number of hydrogen-bond donors (Lipinski definition) is 3. The minimum atomic E-state index is -0.159. The predicted octanol–water partition coefficient (Wildman–Crippen LogP) is 4.68. The van der Waals surface area contributed by atoms with Crippen LogP contribution >= 0.6 is 11.6 Å². The first-order valence-electron chi connectivity index (χ1n) is 7.84. The van der Waals surface area contributed by atoms with Gasteiger partial charge in [0.15, 0.2) is 0 Å². The van der Waals surface area contributed by atoms with Crippen LogP contribution in [0.3, 0.4) is 0 Å². The fourth-order valence-corrected chi connectivity index (χ4v) is 2.46. The van der Waals surface area contributed by atoms with Crippen LogP contribution in [0.1, 0.15) is 18.4 Å². The number of nitrogens with one attached hydrogen (secondary N) is 3. The SMILES string of the molecule is COc1cc(Cl)c(C)cc1Nc1ccc(NC(=O)NC2CC2)cc1. The van der Waals surface area contributed by atoms with Gasteiger partial charge in [-0.2, -0.15) is 0 Å². The van der Waals surface area contributed by atoms with E-state index in [4.69, 9.17) is 16.3 Å². The molecular formula is C18H20ClN3O2. The molecule has 0 heterocycles. The van der Waals surface area contributed by atoms with Gasteiger partial charge in [0.25, 0.3) is 0 Å². The number of urea groups is 1. The molecule has 1 saturated carbocycles. The van der Waals surface area contributed by atoms with Crippen molar-refractivity contribution < 1.29 is 9.53 Å². The van der Waals surface area contributed by atoms with Crippen molar-refractivity contribution in [2.24, 2.45) is 0 Å². The highest BCUT2D eigenvalue weighted by Gasteiger charge is 2.23. The average Bonchev–Trinajstić information content (AvgIpc) is 3.36. The number of rotatable bonds is 5. The summed E-state index contributed by atoms with van der Waals surface area (Å²) in [5.41, 5.74) is 3.45. The molecule has 2 aromatic carbocycles. The molecule has 1 aliphatic rings. The van der Waals surface area contributed by atoms with Gasteiger partial charge in [0, 0.05) is 28.5 Å². The van der Waals surface area contributed by atoms with Gasteiger partial charge in [-0.25, -0.2) is 4.79 Å². The molecule has 0 unspecified atom stereocenters. The monoisotopic (exact) mass is 345 g/mol. The summed E-state index contributed by atoms with van der Waals surface area (Å²) < 4.78 is 5.36. The second kappa shape index (κ2) is 7.01. The van der Waals surface area contributed by atoms with E-state index in [2.05, 4.69) is 16.0 Å². The highest BCUT2D eigenvalue weighted by molar-refractivity contribution is 6.31. The van der Waals surface area contributed by atoms with Gasteiger partial charge >= 0.3 is 6.03 Å². The fraction of sp³-hybridized carbons (Fsp3) is 0.278. The Hall–Kier alpha value is -2.40. The zero-order chi connectivity index (χ0) is 17.1. The third-order valence-electron chi connectivity index (χ3n) is 3.82. The Morgan fingerprint density at radius 2 is 1.83 bits per heavy atom. The molecule has 5 nitrogen and oxygen atoms in total.